The van der Waals surface area contributed by atoms with Crippen molar-refractivity contribution in [1.82, 2.24) is 9.97 Å². The molecule has 5 heteroatoms. The number of morpholine rings is 1. The zero-order valence-corrected chi connectivity index (χ0v) is 10.1. The Bertz CT molecular complexity index is 545. The van der Waals surface area contributed by atoms with Gasteiger partial charge in [-0.2, -0.15) is 0 Å². The van der Waals surface area contributed by atoms with Gasteiger partial charge < -0.3 is 15.4 Å². The number of ether oxygens (including phenoxy) is 1. The van der Waals surface area contributed by atoms with E-state index in [0.717, 1.165) is 23.4 Å². The fourth-order valence-corrected chi connectivity index (χ4v) is 2.21. The lowest BCUT2D eigenvalue weighted by Crippen LogP contribution is -2.50. The molecule has 2 N–H and O–H groups in total. The molecule has 18 heavy (non-hydrogen) atoms. The molecule has 1 aromatic heterocycles. The van der Waals surface area contributed by atoms with Crippen LogP contribution in [0.2, 0.25) is 0 Å². The van der Waals surface area contributed by atoms with Crippen molar-refractivity contribution in [3.63, 3.8) is 0 Å². The summed E-state index contributed by atoms with van der Waals surface area (Å²) in [6, 6.07) is 8.15. The highest BCUT2D eigenvalue weighted by molar-refractivity contribution is 5.78. The van der Waals surface area contributed by atoms with Gasteiger partial charge in [-0.25, -0.2) is 9.97 Å². The van der Waals surface area contributed by atoms with Crippen LogP contribution in [0.5, 0.6) is 0 Å². The Kier molecular flexibility index (Phi) is 3.08. The van der Waals surface area contributed by atoms with Crippen LogP contribution in [0.25, 0.3) is 10.9 Å². The summed E-state index contributed by atoms with van der Waals surface area (Å²) in [6.45, 7) is 2.69. The molecule has 0 aliphatic carbocycles. The highest BCUT2D eigenvalue weighted by Crippen LogP contribution is 2.18. The van der Waals surface area contributed by atoms with E-state index < -0.39 is 0 Å². The molecule has 1 atom stereocenters. The minimum Gasteiger partial charge on any atom is -0.377 e. The highest BCUT2D eigenvalue weighted by Gasteiger charge is 2.23. The number of rotatable bonds is 2. The standard InChI is InChI=1S/C13H16N4O/c14-7-11-9-18-6-5-17(11)13-15-8-10-3-1-2-4-12(10)16-13/h1-4,8,11H,5-7,9,14H2. The van der Waals surface area contributed by atoms with E-state index in [0.29, 0.717) is 19.8 Å². The lowest BCUT2D eigenvalue weighted by molar-refractivity contribution is 0.0954. The summed E-state index contributed by atoms with van der Waals surface area (Å²) in [4.78, 5) is 11.2. The van der Waals surface area contributed by atoms with Crippen LogP contribution in [0.4, 0.5) is 5.95 Å². The number of nitrogens with two attached hydrogens (primary N) is 1. The second-order valence-electron chi connectivity index (χ2n) is 4.39. The molecule has 1 aliphatic rings. The number of fused-ring (bicyclic) bond motifs is 1. The van der Waals surface area contributed by atoms with Gasteiger partial charge in [-0.1, -0.05) is 18.2 Å². The van der Waals surface area contributed by atoms with Crippen molar-refractivity contribution in [1.29, 1.82) is 0 Å². The summed E-state index contributed by atoms with van der Waals surface area (Å²) in [5, 5.41) is 1.05. The van der Waals surface area contributed by atoms with Gasteiger partial charge in [-0.05, 0) is 6.07 Å². The molecule has 3 rings (SSSR count). The summed E-state index contributed by atoms with van der Waals surface area (Å²) in [7, 11) is 0. The minimum absolute atomic E-state index is 0.167. The van der Waals surface area contributed by atoms with Crippen molar-refractivity contribution in [2.45, 2.75) is 6.04 Å². The van der Waals surface area contributed by atoms with Gasteiger partial charge >= 0.3 is 0 Å². The fourth-order valence-electron chi connectivity index (χ4n) is 2.21. The van der Waals surface area contributed by atoms with Crippen LogP contribution in [0.1, 0.15) is 0 Å². The smallest absolute Gasteiger partial charge is 0.226 e. The van der Waals surface area contributed by atoms with Crippen molar-refractivity contribution >= 4 is 16.9 Å². The van der Waals surface area contributed by atoms with Gasteiger partial charge in [0.05, 0.1) is 24.8 Å². The second kappa shape index (κ2) is 4.88. The van der Waals surface area contributed by atoms with E-state index in [2.05, 4.69) is 14.9 Å². The molecule has 0 bridgehead atoms. The molecule has 1 saturated heterocycles. The molecule has 0 amide bonds. The first-order valence-corrected chi connectivity index (χ1v) is 6.15. The van der Waals surface area contributed by atoms with Crippen molar-refractivity contribution in [3.05, 3.63) is 30.5 Å². The van der Waals surface area contributed by atoms with Crippen molar-refractivity contribution in [3.8, 4) is 0 Å². The van der Waals surface area contributed by atoms with Crippen LogP contribution in [0, 0.1) is 0 Å². The molecule has 2 aromatic rings. The quantitative estimate of drug-likeness (QED) is 0.846. The van der Waals surface area contributed by atoms with Gasteiger partial charge in [0.25, 0.3) is 0 Å². The summed E-state index contributed by atoms with van der Waals surface area (Å²) >= 11 is 0. The van der Waals surface area contributed by atoms with E-state index in [1.54, 1.807) is 0 Å². The predicted octanol–water partition coefficient (Wildman–Crippen LogP) is 0.794. The molecule has 2 heterocycles. The molecule has 1 aromatic carbocycles. The monoisotopic (exact) mass is 244 g/mol. The number of benzene rings is 1. The maximum atomic E-state index is 5.77. The molecule has 94 valence electrons. The molecule has 0 spiro atoms. The number of para-hydroxylation sites is 1. The Morgan fingerprint density at radius 3 is 3.17 bits per heavy atom. The van der Waals surface area contributed by atoms with Gasteiger partial charge in [0.1, 0.15) is 0 Å². The molecular weight excluding hydrogens is 228 g/mol. The van der Waals surface area contributed by atoms with E-state index in [-0.39, 0.29) is 6.04 Å². The second-order valence-corrected chi connectivity index (χ2v) is 4.39. The lowest BCUT2D eigenvalue weighted by Gasteiger charge is -2.34. The average molecular weight is 244 g/mol. The van der Waals surface area contributed by atoms with Gasteiger partial charge in [0.2, 0.25) is 5.95 Å². The first-order valence-electron chi connectivity index (χ1n) is 6.15. The Morgan fingerprint density at radius 2 is 2.28 bits per heavy atom. The summed E-state index contributed by atoms with van der Waals surface area (Å²) in [5.74, 6) is 0.743. The van der Waals surface area contributed by atoms with Gasteiger partial charge in [0.15, 0.2) is 0 Å². The Hall–Kier alpha value is -1.72. The minimum atomic E-state index is 0.167. The lowest BCUT2D eigenvalue weighted by atomic mass is 10.2. The maximum Gasteiger partial charge on any atom is 0.226 e. The number of hydrogen-bond acceptors (Lipinski definition) is 5. The molecular formula is C13H16N4O. The molecule has 0 radical (unpaired) electrons. The number of aromatic nitrogens is 2. The number of nitrogens with zero attached hydrogens (tertiary/aromatic N) is 3. The van der Waals surface area contributed by atoms with E-state index in [1.165, 1.54) is 0 Å². The van der Waals surface area contributed by atoms with E-state index >= 15 is 0 Å². The van der Waals surface area contributed by atoms with Gasteiger partial charge in [-0.3, -0.25) is 0 Å². The third kappa shape index (κ3) is 2.02. The van der Waals surface area contributed by atoms with Crippen molar-refractivity contribution in [2.24, 2.45) is 5.73 Å². The SMILES string of the molecule is NCC1COCCN1c1ncc2ccccc2n1. The normalized spacial score (nSPS) is 20.3. The topological polar surface area (TPSA) is 64.3 Å². The summed E-state index contributed by atoms with van der Waals surface area (Å²) in [6.07, 6.45) is 1.86. The van der Waals surface area contributed by atoms with Crippen molar-refractivity contribution < 1.29 is 4.74 Å². The zero-order chi connectivity index (χ0) is 12.4. The fraction of sp³-hybridized carbons (Fsp3) is 0.385. The first-order chi connectivity index (χ1) is 8.88. The van der Waals surface area contributed by atoms with Crippen LogP contribution in [0.3, 0.4) is 0 Å². The zero-order valence-electron chi connectivity index (χ0n) is 10.1. The molecule has 1 aliphatic heterocycles. The third-order valence-electron chi connectivity index (χ3n) is 3.23. The Labute approximate surface area is 106 Å². The Balaban J connectivity index is 1.97. The molecule has 1 fully saturated rings. The van der Waals surface area contributed by atoms with Crippen molar-refractivity contribution in [2.75, 3.05) is 31.2 Å². The largest absolute Gasteiger partial charge is 0.377 e. The molecule has 1 unspecified atom stereocenters. The molecule has 5 nitrogen and oxygen atoms in total. The van der Waals surface area contributed by atoms with Crippen LogP contribution in [-0.2, 0) is 4.74 Å². The van der Waals surface area contributed by atoms with Crippen LogP contribution >= 0.6 is 0 Å². The maximum absolute atomic E-state index is 5.77. The average Bonchev–Trinajstić information content (AvgIpc) is 2.46. The van der Waals surface area contributed by atoms with E-state index in [4.69, 9.17) is 10.5 Å². The Morgan fingerprint density at radius 1 is 1.39 bits per heavy atom. The number of anilines is 1. The summed E-state index contributed by atoms with van der Waals surface area (Å²) in [5.41, 5.74) is 6.73. The third-order valence-corrected chi connectivity index (χ3v) is 3.23. The summed E-state index contributed by atoms with van der Waals surface area (Å²) < 4.78 is 5.43. The number of hydrogen-bond donors (Lipinski definition) is 1. The predicted molar refractivity (Wildman–Crippen MR) is 70.5 cm³/mol. The van der Waals surface area contributed by atoms with Crippen LogP contribution in [-0.4, -0.2) is 42.3 Å². The highest BCUT2D eigenvalue weighted by atomic mass is 16.5. The van der Waals surface area contributed by atoms with Crippen LogP contribution < -0.4 is 10.6 Å². The van der Waals surface area contributed by atoms with Crippen LogP contribution in [0.15, 0.2) is 30.5 Å². The van der Waals surface area contributed by atoms with E-state index in [9.17, 15) is 0 Å². The van der Waals surface area contributed by atoms with Gasteiger partial charge in [-0.15, -0.1) is 0 Å². The first kappa shape index (κ1) is 11.4. The van der Waals surface area contributed by atoms with E-state index in [1.807, 2.05) is 30.5 Å². The molecule has 0 saturated carbocycles. The van der Waals surface area contributed by atoms with Gasteiger partial charge in [0, 0.05) is 24.7 Å².